The number of carbonyl (C=O) groups is 1. The van der Waals surface area contributed by atoms with E-state index in [4.69, 9.17) is 9.26 Å². The second kappa shape index (κ2) is 7.28. The van der Waals surface area contributed by atoms with Gasteiger partial charge < -0.3 is 14.6 Å². The molecule has 0 spiro atoms. The first-order valence-corrected chi connectivity index (χ1v) is 7.07. The Morgan fingerprint density at radius 2 is 2.47 bits per heavy atom. The zero-order chi connectivity index (χ0) is 13.5. The molecule has 2 heterocycles. The Morgan fingerprint density at radius 1 is 1.58 bits per heavy atom. The van der Waals surface area contributed by atoms with Crippen molar-refractivity contribution < 1.29 is 14.1 Å². The third kappa shape index (κ3) is 4.67. The quantitative estimate of drug-likeness (QED) is 0.856. The van der Waals surface area contributed by atoms with Crippen LogP contribution >= 0.6 is 0 Å². The van der Waals surface area contributed by atoms with Crippen molar-refractivity contribution in [2.24, 2.45) is 5.92 Å². The molecule has 0 saturated carbocycles. The number of ether oxygens (including phenoxy) is 1. The van der Waals surface area contributed by atoms with Gasteiger partial charge in [0.05, 0.1) is 12.2 Å². The minimum atomic E-state index is 0.0592. The zero-order valence-electron chi connectivity index (χ0n) is 11.5. The molecule has 1 saturated heterocycles. The van der Waals surface area contributed by atoms with E-state index in [1.165, 1.54) is 0 Å². The van der Waals surface area contributed by atoms with Gasteiger partial charge in [-0.2, -0.15) is 0 Å². The highest BCUT2D eigenvalue weighted by atomic mass is 16.5. The summed E-state index contributed by atoms with van der Waals surface area (Å²) in [6.07, 6.45) is 4.63. The van der Waals surface area contributed by atoms with Crippen molar-refractivity contribution in [2.45, 2.75) is 45.6 Å². The number of amides is 1. The highest BCUT2D eigenvalue weighted by Crippen LogP contribution is 2.16. The monoisotopic (exact) mass is 266 g/mol. The summed E-state index contributed by atoms with van der Waals surface area (Å²) in [6.45, 7) is 4.05. The molecule has 2 rings (SSSR count). The van der Waals surface area contributed by atoms with Crippen molar-refractivity contribution in [3.05, 3.63) is 17.5 Å². The lowest BCUT2D eigenvalue weighted by atomic mass is 9.98. The van der Waals surface area contributed by atoms with Crippen LogP contribution in [0.3, 0.4) is 0 Å². The Hall–Kier alpha value is -1.36. The van der Waals surface area contributed by atoms with Gasteiger partial charge in [-0.15, -0.1) is 0 Å². The molecule has 106 valence electrons. The maximum atomic E-state index is 11.8. The van der Waals surface area contributed by atoms with E-state index < -0.39 is 0 Å². The first kappa shape index (κ1) is 14.1. The van der Waals surface area contributed by atoms with Crippen LogP contribution in [-0.4, -0.2) is 24.3 Å². The normalized spacial score (nSPS) is 19.3. The lowest BCUT2D eigenvalue weighted by Crippen LogP contribution is -2.28. The van der Waals surface area contributed by atoms with Crippen LogP contribution in [0, 0.1) is 5.92 Å². The van der Waals surface area contributed by atoms with Gasteiger partial charge in [-0.3, -0.25) is 4.79 Å². The summed E-state index contributed by atoms with van der Waals surface area (Å²) >= 11 is 0. The summed E-state index contributed by atoms with van der Waals surface area (Å²) in [5.41, 5.74) is 0.951. The minimum absolute atomic E-state index is 0.0592. The Balaban J connectivity index is 1.69. The van der Waals surface area contributed by atoms with E-state index >= 15 is 0 Å². The first-order valence-electron chi connectivity index (χ1n) is 7.07. The van der Waals surface area contributed by atoms with Crippen LogP contribution in [0.5, 0.6) is 0 Å². The molecule has 5 nitrogen and oxygen atoms in total. The highest BCUT2D eigenvalue weighted by Gasteiger charge is 2.17. The number of carbonyl (C=O) groups excluding carboxylic acids is 1. The lowest BCUT2D eigenvalue weighted by Gasteiger charge is -2.21. The molecule has 0 bridgehead atoms. The number of hydrogen-bond donors (Lipinski definition) is 1. The topological polar surface area (TPSA) is 64.4 Å². The molecular formula is C14H22N2O3. The molecular weight excluding hydrogens is 244 g/mol. The molecule has 1 aliphatic heterocycles. The van der Waals surface area contributed by atoms with Crippen LogP contribution in [0.15, 0.2) is 10.6 Å². The van der Waals surface area contributed by atoms with Gasteiger partial charge in [0.25, 0.3) is 0 Å². The lowest BCUT2D eigenvalue weighted by molar-refractivity contribution is -0.123. The summed E-state index contributed by atoms with van der Waals surface area (Å²) in [5, 5.41) is 6.83. The van der Waals surface area contributed by atoms with Gasteiger partial charge in [0.2, 0.25) is 5.91 Å². The largest absolute Gasteiger partial charge is 0.381 e. The van der Waals surface area contributed by atoms with E-state index in [-0.39, 0.29) is 5.91 Å². The van der Waals surface area contributed by atoms with E-state index in [0.29, 0.717) is 25.5 Å². The standard InChI is InChI=1S/C14H22N2O3/c1-2-4-12-8-13(19-16-12)9-15-14(17)7-11-5-3-6-18-10-11/h8,11H,2-7,9-10H2,1H3,(H,15,17)/t11-/m0/s1. The van der Waals surface area contributed by atoms with Crippen LogP contribution < -0.4 is 5.32 Å². The van der Waals surface area contributed by atoms with Crippen LogP contribution in [0.1, 0.15) is 44.1 Å². The Labute approximate surface area is 113 Å². The van der Waals surface area contributed by atoms with Gasteiger partial charge in [0, 0.05) is 25.7 Å². The van der Waals surface area contributed by atoms with Crippen molar-refractivity contribution >= 4 is 5.91 Å². The second-order valence-corrected chi connectivity index (χ2v) is 5.10. The maximum absolute atomic E-state index is 11.8. The summed E-state index contributed by atoms with van der Waals surface area (Å²) in [4.78, 5) is 11.8. The molecule has 1 atom stereocenters. The molecule has 1 fully saturated rings. The molecule has 19 heavy (non-hydrogen) atoms. The molecule has 0 aliphatic carbocycles. The Kier molecular flexibility index (Phi) is 5.39. The minimum Gasteiger partial charge on any atom is -0.381 e. The van der Waals surface area contributed by atoms with Crippen LogP contribution in [-0.2, 0) is 22.5 Å². The van der Waals surface area contributed by atoms with E-state index in [9.17, 15) is 4.79 Å². The summed E-state index contributed by atoms with van der Waals surface area (Å²) in [6, 6.07) is 1.91. The second-order valence-electron chi connectivity index (χ2n) is 5.10. The molecule has 1 aliphatic rings. The molecule has 1 aromatic rings. The molecule has 0 radical (unpaired) electrons. The number of aromatic nitrogens is 1. The molecule has 5 heteroatoms. The van der Waals surface area contributed by atoms with E-state index in [1.807, 2.05) is 6.07 Å². The fourth-order valence-electron chi connectivity index (χ4n) is 2.30. The maximum Gasteiger partial charge on any atom is 0.220 e. The van der Waals surface area contributed by atoms with Gasteiger partial charge in [-0.05, 0) is 25.2 Å². The van der Waals surface area contributed by atoms with Gasteiger partial charge in [-0.25, -0.2) is 0 Å². The van der Waals surface area contributed by atoms with Crippen LogP contribution in [0.4, 0.5) is 0 Å². The molecule has 1 amide bonds. The summed E-state index contributed by atoms with van der Waals surface area (Å²) in [5.74, 6) is 1.14. The molecule has 1 aromatic heterocycles. The average Bonchev–Trinajstić information content (AvgIpc) is 2.86. The fraction of sp³-hybridized carbons (Fsp3) is 0.714. The van der Waals surface area contributed by atoms with Gasteiger partial charge in [0.1, 0.15) is 0 Å². The van der Waals surface area contributed by atoms with Crippen LogP contribution in [0.25, 0.3) is 0 Å². The van der Waals surface area contributed by atoms with E-state index in [2.05, 4.69) is 17.4 Å². The van der Waals surface area contributed by atoms with Gasteiger partial charge >= 0.3 is 0 Å². The highest BCUT2D eigenvalue weighted by molar-refractivity contribution is 5.76. The van der Waals surface area contributed by atoms with Crippen molar-refractivity contribution in [2.75, 3.05) is 13.2 Å². The van der Waals surface area contributed by atoms with Crippen molar-refractivity contribution in [1.82, 2.24) is 10.5 Å². The SMILES string of the molecule is CCCc1cc(CNC(=O)C[C@@H]2CCCOC2)on1. The van der Waals surface area contributed by atoms with E-state index in [1.54, 1.807) is 0 Å². The Bertz CT molecular complexity index is 397. The number of rotatable bonds is 6. The first-order chi connectivity index (χ1) is 9.28. The fourth-order valence-corrected chi connectivity index (χ4v) is 2.30. The number of aryl methyl sites for hydroxylation is 1. The smallest absolute Gasteiger partial charge is 0.220 e. The Morgan fingerprint density at radius 3 is 3.21 bits per heavy atom. The number of hydrogen-bond acceptors (Lipinski definition) is 4. The summed E-state index contributed by atoms with van der Waals surface area (Å²) in [7, 11) is 0. The number of nitrogens with one attached hydrogen (secondary N) is 1. The molecule has 0 unspecified atom stereocenters. The third-order valence-corrected chi connectivity index (χ3v) is 3.30. The van der Waals surface area contributed by atoms with Crippen molar-refractivity contribution in [3.63, 3.8) is 0 Å². The molecule has 1 N–H and O–H groups in total. The number of nitrogens with zero attached hydrogens (tertiary/aromatic N) is 1. The van der Waals surface area contributed by atoms with E-state index in [0.717, 1.165) is 43.7 Å². The average molecular weight is 266 g/mol. The molecule has 0 aromatic carbocycles. The van der Waals surface area contributed by atoms with Crippen molar-refractivity contribution in [3.8, 4) is 0 Å². The summed E-state index contributed by atoms with van der Waals surface area (Å²) < 4.78 is 10.5. The van der Waals surface area contributed by atoms with Crippen LogP contribution in [0.2, 0.25) is 0 Å². The van der Waals surface area contributed by atoms with Gasteiger partial charge in [0.15, 0.2) is 5.76 Å². The third-order valence-electron chi connectivity index (χ3n) is 3.30. The van der Waals surface area contributed by atoms with Gasteiger partial charge in [-0.1, -0.05) is 18.5 Å². The predicted octanol–water partition coefficient (Wildman–Crippen LogP) is 2.06. The zero-order valence-corrected chi connectivity index (χ0v) is 11.5. The van der Waals surface area contributed by atoms with Crippen molar-refractivity contribution in [1.29, 1.82) is 0 Å². The predicted molar refractivity (Wildman–Crippen MR) is 70.5 cm³/mol.